The van der Waals surface area contributed by atoms with Gasteiger partial charge in [-0.3, -0.25) is 9.48 Å². The zero-order valence-electron chi connectivity index (χ0n) is 14.1. The Labute approximate surface area is 142 Å². The predicted molar refractivity (Wildman–Crippen MR) is 93.0 cm³/mol. The van der Waals surface area contributed by atoms with Crippen molar-refractivity contribution < 1.29 is 9.53 Å². The van der Waals surface area contributed by atoms with E-state index in [9.17, 15) is 4.79 Å². The first-order valence-corrected chi connectivity index (χ1v) is 8.59. The van der Waals surface area contributed by atoms with Crippen molar-refractivity contribution in [3.63, 3.8) is 0 Å². The Hall–Kier alpha value is -2.43. The number of ether oxygens (including phenoxy) is 1. The molecule has 2 heterocycles. The zero-order valence-corrected chi connectivity index (χ0v) is 14.1. The molecule has 1 aliphatic rings. The van der Waals surface area contributed by atoms with Gasteiger partial charge in [0.05, 0.1) is 5.69 Å². The molecule has 3 rings (SSSR count). The third-order valence-corrected chi connectivity index (χ3v) is 4.36. The van der Waals surface area contributed by atoms with Gasteiger partial charge in [-0.1, -0.05) is 6.92 Å². The lowest BCUT2D eigenvalue weighted by molar-refractivity contribution is 0.111. The summed E-state index contributed by atoms with van der Waals surface area (Å²) in [5, 5.41) is 4.45. The Kier molecular flexibility index (Phi) is 5.41. The van der Waals surface area contributed by atoms with Crippen molar-refractivity contribution in [2.45, 2.75) is 45.6 Å². The highest BCUT2D eigenvalue weighted by molar-refractivity contribution is 5.76. The van der Waals surface area contributed by atoms with E-state index in [0.29, 0.717) is 18.1 Å². The number of carbonyl (C=O) groups excluding carboxylic acids is 1. The molecule has 0 fully saturated rings. The average molecular weight is 325 g/mol. The third kappa shape index (κ3) is 3.55. The molecule has 0 saturated heterocycles. The monoisotopic (exact) mass is 325 g/mol. The topological polar surface area (TPSA) is 57.0 Å². The number of pyridine rings is 1. The van der Waals surface area contributed by atoms with Crippen LogP contribution in [-0.4, -0.2) is 27.7 Å². The first-order valence-electron chi connectivity index (χ1n) is 8.59. The van der Waals surface area contributed by atoms with Gasteiger partial charge >= 0.3 is 0 Å². The van der Waals surface area contributed by atoms with Crippen molar-refractivity contribution in [1.82, 2.24) is 14.8 Å². The molecule has 0 radical (unpaired) electrons. The van der Waals surface area contributed by atoms with Crippen molar-refractivity contribution in [3.05, 3.63) is 47.6 Å². The molecule has 0 saturated carbocycles. The van der Waals surface area contributed by atoms with Gasteiger partial charge < -0.3 is 4.74 Å². The summed E-state index contributed by atoms with van der Waals surface area (Å²) in [7, 11) is 0. The van der Waals surface area contributed by atoms with Gasteiger partial charge in [0.2, 0.25) is 0 Å². The smallest absolute Gasteiger partial charge is 0.172 e. The molecule has 5 nitrogen and oxygen atoms in total. The van der Waals surface area contributed by atoms with Crippen LogP contribution in [-0.2, 0) is 6.54 Å². The van der Waals surface area contributed by atoms with Crippen molar-refractivity contribution >= 4 is 11.9 Å². The summed E-state index contributed by atoms with van der Waals surface area (Å²) in [6, 6.07) is 5.67. The number of carbonyl (C=O) groups is 1. The molecule has 0 aromatic carbocycles. The molecule has 24 heavy (non-hydrogen) atoms. The molecule has 0 N–H and O–H groups in total. The van der Waals surface area contributed by atoms with E-state index in [1.54, 1.807) is 18.3 Å². The summed E-state index contributed by atoms with van der Waals surface area (Å²) in [5.41, 5.74) is 4.21. The second-order valence-corrected chi connectivity index (χ2v) is 6.02. The van der Waals surface area contributed by atoms with Gasteiger partial charge in [0.15, 0.2) is 6.29 Å². The van der Waals surface area contributed by atoms with E-state index in [1.165, 1.54) is 29.7 Å². The highest BCUT2D eigenvalue weighted by atomic mass is 16.5. The van der Waals surface area contributed by atoms with Crippen molar-refractivity contribution in [2.75, 3.05) is 6.61 Å². The minimum atomic E-state index is 0.353. The molecule has 0 aliphatic heterocycles. The molecule has 5 heteroatoms. The quantitative estimate of drug-likeness (QED) is 0.724. The largest absolute Gasteiger partial charge is 0.487 e. The highest BCUT2D eigenvalue weighted by Crippen LogP contribution is 2.32. The number of rotatable bonds is 7. The van der Waals surface area contributed by atoms with Crippen LogP contribution in [0.1, 0.15) is 55.2 Å². The van der Waals surface area contributed by atoms with E-state index in [1.807, 2.05) is 6.20 Å². The number of aldehydes is 1. The maximum absolute atomic E-state index is 11.1. The van der Waals surface area contributed by atoms with E-state index < -0.39 is 0 Å². The fourth-order valence-electron chi connectivity index (χ4n) is 3.19. The lowest BCUT2D eigenvalue weighted by atomic mass is 9.90. The fraction of sp³-hybridized carbons (Fsp3) is 0.421. The molecule has 2 aromatic rings. The van der Waals surface area contributed by atoms with E-state index in [2.05, 4.69) is 27.8 Å². The lowest BCUT2D eigenvalue weighted by Gasteiger charge is -2.22. The van der Waals surface area contributed by atoms with Crippen LogP contribution in [0.2, 0.25) is 0 Å². The first kappa shape index (κ1) is 16.4. The van der Waals surface area contributed by atoms with Crippen LogP contribution in [0.25, 0.3) is 5.57 Å². The van der Waals surface area contributed by atoms with Gasteiger partial charge in [-0.05, 0) is 61.4 Å². The van der Waals surface area contributed by atoms with Crippen LogP contribution in [0, 0.1) is 0 Å². The minimum absolute atomic E-state index is 0.353. The first-order chi connectivity index (χ1) is 11.8. The van der Waals surface area contributed by atoms with Crippen LogP contribution < -0.4 is 4.74 Å². The van der Waals surface area contributed by atoms with Crippen LogP contribution in [0.3, 0.4) is 0 Å². The molecule has 1 aliphatic carbocycles. The van der Waals surface area contributed by atoms with Crippen LogP contribution in [0.15, 0.2) is 36.2 Å². The summed E-state index contributed by atoms with van der Waals surface area (Å²) >= 11 is 0. The Morgan fingerprint density at radius 3 is 2.96 bits per heavy atom. The normalized spacial score (nSPS) is 14.7. The van der Waals surface area contributed by atoms with Gasteiger partial charge in [0, 0.05) is 18.9 Å². The van der Waals surface area contributed by atoms with E-state index in [4.69, 9.17) is 4.74 Å². The zero-order chi connectivity index (χ0) is 16.8. The highest BCUT2D eigenvalue weighted by Gasteiger charge is 2.18. The lowest BCUT2D eigenvalue weighted by Crippen LogP contribution is -2.12. The molecule has 0 bridgehead atoms. The standard InChI is InChI=1S/C19H23N3O2/c1-2-12-22-18(9-11-21-22)16-7-4-3-6-15(16)14-24-19-8-5-10-20-17(19)13-23/h5,8-11,13H,2-4,6-7,12,14H2,1H3. The van der Waals surface area contributed by atoms with Crippen molar-refractivity contribution in [1.29, 1.82) is 0 Å². The summed E-state index contributed by atoms with van der Waals surface area (Å²) in [6.07, 6.45) is 9.74. The predicted octanol–water partition coefficient (Wildman–Crippen LogP) is 3.91. The number of aromatic nitrogens is 3. The van der Waals surface area contributed by atoms with Crippen LogP contribution in [0.5, 0.6) is 5.75 Å². The maximum atomic E-state index is 11.1. The fourth-order valence-corrected chi connectivity index (χ4v) is 3.19. The second kappa shape index (κ2) is 7.90. The third-order valence-electron chi connectivity index (χ3n) is 4.36. The van der Waals surface area contributed by atoms with E-state index in [-0.39, 0.29) is 0 Å². The number of allylic oxidation sites excluding steroid dienone is 1. The molecular formula is C19H23N3O2. The summed E-state index contributed by atoms with van der Waals surface area (Å²) < 4.78 is 8.00. The number of nitrogens with zero attached hydrogens (tertiary/aromatic N) is 3. The Balaban J connectivity index is 1.84. The van der Waals surface area contributed by atoms with Gasteiger partial charge in [-0.2, -0.15) is 5.10 Å². The summed E-state index contributed by atoms with van der Waals surface area (Å²) in [6.45, 7) is 3.59. The molecule has 0 unspecified atom stereocenters. The Morgan fingerprint density at radius 1 is 1.25 bits per heavy atom. The molecule has 0 atom stereocenters. The second-order valence-electron chi connectivity index (χ2n) is 6.02. The summed E-state index contributed by atoms with van der Waals surface area (Å²) in [5.74, 6) is 0.548. The maximum Gasteiger partial charge on any atom is 0.172 e. The summed E-state index contributed by atoms with van der Waals surface area (Å²) in [4.78, 5) is 15.1. The van der Waals surface area contributed by atoms with Crippen LogP contribution >= 0.6 is 0 Å². The van der Waals surface area contributed by atoms with E-state index in [0.717, 1.165) is 32.1 Å². The Morgan fingerprint density at radius 2 is 2.12 bits per heavy atom. The van der Waals surface area contributed by atoms with Gasteiger partial charge in [-0.15, -0.1) is 0 Å². The van der Waals surface area contributed by atoms with Gasteiger partial charge in [0.1, 0.15) is 18.1 Å². The van der Waals surface area contributed by atoms with E-state index >= 15 is 0 Å². The number of aryl methyl sites for hydroxylation is 1. The van der Waals surface area contributed by atoms with Gasteiger partial charge in [-0.25, -0.2) is 4.98 Å². The molecule has 0 amide bonds. The Bertz CT molecular complexity index is 734. The average Bonchev–Trinajstić information content (AvgIpc) is 3.09. The van der Waals surface area contributed by atoms with Crippen LogP contribution in [0.4, 0.5) is 0 Å². The molecular weight excluding hydrogens is 302 g/mol. The van der Waals surface area contributed by atoms with Crippen molar-refractivity contribution in [2.24, 2.45) is 0 Å². The minimum Gasteiger partial charge on any atom is -0.487 e. The molecule has 2 aromatic heterocycles. The SMILES string of the molecule is CCCn1nccc1C1=C(COc2cccnc2C=O)CCCC1. The number of hydrogen-bond donors (Lipinski definition) is 0. The van der Waals surface area contributed by atoms with Crippen molar-refractivity contribution in [3.8, 4) is 5.75 Å². The molecule has 126 valence electrons. The number of hydrogen-bond acceptors (Lipinski definition) is 4. The van der Waals surface area contributed by atoms with Gasteiger partial charge in [0.25, 0.3) is 0 Å². The molecule has 0 spiro atoms.